The van der Waals surface area contributed by atoms with E-state index in [2.05, 4.69) is 32.7 Å². The molecule has 0 aliphatic rings. The summed E-state index contributed by atoms with van der Waals surface area (Å²) in [6.45, 7) is 10.9. The molecule has 0 heterocycles. The number of hydrogen-bond donors (Lipinski definition) is 2. The molecule has 2 heteroatoms. The Morgan fingerprint density at radius 1 is 1.24 bits per heavy atom. The fraction of sp³-hybridized carbons (Fsp3) is 0.867. The normalized spacial score (nSPS) is 14.9. The fourth-order valence-corrected chi connectivity index (χ4v) is 2.18. The second-order valence-electron chi connectivity index (χ2n) is 5.55. The van der Waals surface area contributed by atoms with Crippen LogP contribution in [0.3, 0.4) is 0 Å². The van der Waals surface area contributed by atoms with Gasteiger partial charge in [0.1, 0.15) is 0 Å². The summed E-state index contributed by atoms with van der Waals surface area (Å²) < 4.78 is 0. The molecular weight excluding hydrogens is 208 g/mol. The van der Waals surface area contributed by atoms with Crippen molar-refractivity contribution in [1.82, 2.24) is 5.32 Å². The van der Waals surface area contributed by atoms with Gasteiger partial charge in [-0.25, -0.2) is 0 Å². The number of nitrogens with one attached hydrogen (secondary N) is 1. The van der Waals surface area contributed by atoms with Crippen molar-refractivity contribution in [2.45, 2.75) is 71.4 Å². The van der Waals surface area contributed by atoms with Crippen LogP contribution in [-0.2, 0) is 0 Å². The molecule has 0 aliphatic heterocycles. The van der Waals surface area contributed by atoms with Crippen molar-refractivity contribution in [2.75, 3.05) is 7.05 Å². The molecule has 0 saturated heterocycles. The molecule has 2 unspecified atom stereocenters. The molecule has 0 spiro atoms. The lowest BCUT2D eigenvalue weighted by atomic mass is 9.94. The Bertz CT molecular complexity index is 199. The van der Waals surface area contributed by atoms with Gasteiger partial charge in [-0.15, -0.1) is 0 Å². The van der Waals surface area contributed by atoms with E-state index in [9.17, 15) is 0 Å². The number of rotatable bonds is 10. The largest absolute Gasteiger partial charge is 0.328 e. The lowest BCUT2D eigenvalue weighted by Gasteiger charge is -2.20. The maximum absolute atomic E-state index is 5.91. The highest BCUT2D eigenvalue weighted by atomic mass is 14.9. The van der Waals surface area contributed by atoms with Crippen molar-refractivity contribution in [3.05, 3.63) is 12.2 Å². The van der Waals surface area contributed by atoms with Crippen molar-refractivity contribution in [3.8, 4) is 0 Å². The zero-order chi connectivity index (χ0) is 13.3. The summed E-state index contributed by atoms with van der Waals surface area (Å²) in [6.07, 6.45) is 7.05. The second-order valence-corrected chi connectivity index (χ2v) is 5.55. The molecule has 102 valence electrons. The average molecular weight is 240 g/mol. The van der Waals surface area contributed by atoms with E-state index in [0.29, 0.717) is 18.0 Å². The highest BCUT2D eigenvalue weighted by Gasteiger charge is 2.11. The van der Waals surface area contributed by atoms with Gasteiger partial charge in [0.2, 0.25) is 0 Å². The van der Waals surface area contributed by atoms with Gasteiger partial charge in [0.25, 0.3) is 0 Å². The van der Waals surface area contributed by atoms with E-state index in [-0.39, 0.29) is 0 Å². The Labute approximate surface area is 108 Å². The molecule has 0 amide bonds. The highest BCUT2D eigenvalue weighted by Crippen LogP contribution is 2.17. The minimum atomic E-state index is 0.391. The van der Waals surface area contributed by atoms with E-state index in [0.717, 1.165) is 19.3 Å². The molecule has 3 N–H and O–H groups in total. The zero-order valence-corrected chi connectivity index (χ0v) is 12.3. The van der Waals surface area contributed by atoms with Crippen LogP contribution in [-0.4, -0.2) is 19.1 Å². The summed E-state index contributed by atoms with van der Waals surface area (Å²) in [5, 5.41) is 3.38. The third kappa shape index (κ3) is 8.39. The standard InChI is InChI=1S/C15H32N2/c1-6-14(16)9-7-8-10-15(17-5)13(4)11-12(2)3/h12,14-15,17H,4,6-11,16H2,1-3,5H3. The van der Waals surface area contributed by atoms with Crippen molar-refractivity contribution in [2.24, 2.45) is 11.7 Å². The van der Waals surface area contributed by atoms with E-state index < -0.39 is 0 Å². The van der Waals surface area contributed by atoms with Crippen molar-refractivity contribution in [3.63, 3.8) is 0 Å². The van der Waals surface area contributed by atoms with Gasteiger partial charge in [0.15, 0.2) is 0 Å². The topological polar surface area (TPSA) is 38.0 Å². The van der Waals surface area contributed by atoms with Crippen molar-refractivity contribution < 1.29 is 0 Å². The molecule has 0 rings (SSSR count). The van der Waals surface area contributed by atoms with E-state index in [1.54, 1.807) is 0 Å². The molecule has 0 bridgehead atoms. The Morgan fingerprint density at radius 2 is 1.82 bits per heavy atom. The summed E-state index contributed by atoms with van der Waals surface area (Å²) in [7, 11) is 2.04. The zero-order valence-electron chi connectivity index (χ0n) is 12.3. The molecule has 2 atom stereocenters. The lowest BCUT2D eigenvalue weighted by molar-refractivity contribution is 0.483. The predicted octanol–water partition coefficient (Wildman–Crippen LogP) is 3.47. The van der Waals surface area contributed by atoms with Gasteiger partial charge >= 0.3 is 0 Å². The molecule has 0 saturated carbocycles. The van der Waals surface area contributed by atoms with Crippen LogP contribution in [0.1, 0.15) is 59.3 Å². The number of likely N-dealkylation sites (N-methyl/N-ethyl adjacent to an activating group) is 1. The highest BCUT2D eigenvalue weighted by molar-refractivity contribution is 5.05. The molecule has 0 aliphatic carbocycles. The maximum atomic E-state index is 5.91. The Kier molecular flexibility index (Phi) is 9.47. The van der Waals surface area contributed by atoms with Gasteiger partial charge in [-0.05, 0) is 38.6 Å². The minimum Gasteiger partial charge on any atom is -0.328 e. The molecule has 0 aromatic rings. The first-order valence-corrected chi connectivity index (χ1v) is 7.11. The second kappa shape index (κ2) is 9.67. The first-order chi connectivity index (χ1) is 8.01. The fourth-order valence-electron chi connectivity index (χ4n) is 2.18. The van der Waals surface area contributed by atoms with Gasteiger partial charge in [0, 0.05) is 12.1 Å². The van der Waals surface area contributed by atoms with E-state index in [1.807, 2.05) is 7.05 Å². The number of hydrogen-bond acceptors (Lipinski definition) is 2. The SMILES string of the molecule is C=C(CC(C)C)C(CCCCC(N)CC)NC. The summed E-state index contributed by atoms with van der Waals surface area (Å²) in [4.78, 5) is 0. The van der Waals surface area contributed by atoms with Gasteiger partial charge in [-0.3, -0.25) is 0 Å². The summed E-state index contributed by atoms with van der Waals surface area (Å²) in [6, 6.07) is 0.872. The van der Waals surface area contributed by atoms with Gasteiger partial charge < -0.3 is 11.1 Å². The molecule has 2 nitrogen and oxygen atoms in total. The van der Waals surface area contributed by atoms with Crippen LogP contribution in [0.15, 0.2) is 12.2 Å². The third-order valence-corrected chi connectivity index (χ3v) is 3.35. The quantitative estimate of drug-likeness (QED) is 0.453. The first-order valence-electron chi connectivity index (χ1n) is 7.11. The van der Waals surface area contributed by atoms with Crippen LogP contribution in [0.25, 0.3) is 0 Å². The van der Waals surface area contributed by atoms with E-state index in [1.165, 1.54) is 24.8 Å². The molecule has 0 aromatic carbocycles. The molecule has 0 radical (unpaired) electrons. The van der Waals surface area contributed by atoms with Crippen molar-refractivity contribution in [1.29, 1.82) is 0 Å². The van der Waals surface area contributed by atoms with Crippen LogP contribution in [0, 0.1) is 5.92 Å². The van der Waals surface area contributed by atoms with Crippen LogP contribution >= 0.6 is 0 Å². The van der Waals surface area contributed by atoms with Gasteiger partial charge in [0.05, 0.1) is 0 Å². The van der Waals surface area contributed by atoms with Crippen molar-refractivity contribution >= 4 is 0 Å². The lowest BCUT2D eigenvalue weighted by Crippen LogP contribution is -2.27. The molecule has 0 fully saturated rings. The molecule has 17 heavy (non-hydrogen) atoms. The first kappa shape index (κ1) is 16.7. The molecule has 0 aromatic heterocycles. The average Bonchev–Trinajstić information content (AvgIpc) is 2.27. The maximum Gasteiger partial charge on any atom is 0.0274 e. The Hall–Kier alpha value is -0.340. The predicted molar refractivity (Wildman–Crippen MR) is 78.2 cm³/mol. The third-order valence-electron chi connectivity index (χ3n) is 3.35. The van der Waals surface area contributed by atoms with Crippen LogP contribution in [0.5, 0.6) is 0 Å². The summed E-state index contributed by atoms with van der Waals surface area (Å²) in [5.74, 6) is 0.701. The van der Waals surface area contributed by atoms with Gasteiger partial charge in [-0.1, -0.05) is 45.8 Å². The Morgan fingerprint density at radius 3 is 2.29 bits per heavy atom. The van der Waals surface area contributed by atoms with Gasteiger partial charge in [-0.2, -0.15) is 0 Å². The summed E-state index contributed by atoms with van der Waals surface area (Å²) in [5.41, 5.74) is 7.26. The minimum absolute atomic E-state index is 0.391. The monoisotopic (exact) mass is 240 g/mol. The number of unbranched alkanes of at least 4 members (excludes halogenated alkanes) is 1. The van der Waals surface area contributed by atoms with Crippen LogP contribution in [0.2, 0.25) is 0 Å². The van der Waals surface area contributed by atoms with E-state index >= 15 is 0 Å². The summed E-state index contributed by atoms with van der Waals surface area (Å²) >= 11 is 0. The molecular formula is C15H32N2. The van der Waals surface area contributed by atoms with E-state index in [4.69, 9.17) is 5.73 Å². The smallest absolute Gasteiger partial charge is 0.0274 e. The Balaban J connectivity index is 3.78. The van der Waals surface area contributed by atoms with Crippen LogP contribution < -0.4 is 11.1 Å². The van der Waals surface area contributed by atoms with Crippen LogP contribution in [0.4, 0.5) is 0 Å². The number of nitrogens with two attached hydrogens (primary N) is 1.